The summed E-state index contributed by atoms with van der Waals surface area (Å²) in [6.07, 6.45) is 3.27. The summed E-state index contributed by atoms with van der Waals surface area (Å²) in [5, 5.41) is 11.9. The average Bonchev–Trinajstić information content (AvgIpc) is 2.93. The molecule has 0 saturated carbocycles. The topological polar surface area (TPSA) is 125 Å². The van der Waals surface area contributed by atoms with Crippen LogP contribution in [0.25, 0.3) is 0 Å². The number of rotatable bonds is 10. The van der Waals surface area contributed by atoms with Gasteiger partial charge in [0.1, 0.15) is 5.75 Å². The smallest absolute Gasteiger partial charge is 0.262 e. The van der Waals surface area contributed by atoms with Crippen LogP contribution in [0, 0.1) is 0 Å². The number of para-hydroxylation sites is 3. The predicted octanol–water partition coefficient (Wildman–Crippen LogP) is 3.77. The van der Waals surface area contributed by atoms with Gasteiger partial charge in [0.05, 0.1) is 17.1 Å². The molecular weight excluding hydrogens is 506 g/mol. The van der Waals surface area contributed by atoms with Crippen LogP contribution in [0.2, 0.25) is 0 Å². The van der Waals surface area contributed by atoms with E-state index in [1.807, 2.05) is 18.2 Å². The minimum absolute atomic E-state index is 0.0105. The number of carbonyl (C=O) groups is 2. The number of aliphatic hydroxyl groups excluding tert-OH is 1. The number of piperidine rings is 1. The quantitative estimate of drug-likeness (QED) is 0.362. The van der Waals surface area contributed by atoms with E-state index in [-0.39, 0.29) is 41.2 Å². The Morgan fingerprint density at radius 3 is 2.39 bits per heavy atom. The molecule has 0 radical (unpaired) electrons. The van der Waals surface area contributed by atoms with Gasteiger partial charge < -0.3 is 20.1 Å². The Balaban J connectivity index is 1.38. The Kier molecular flexibility index (Phi) is 8.98. The molecule has 1 fully saturated rings. The Labute approximate surface area is 222 Å². The van der Waals surface area contributed by atoms with E-state index >= 15 is 0 Å². The van der Waals surface area contributed by atoms with Gasteiger partial charge in [0.15, 0.2) is 5.75 Å². The van der Waals surface area contributed by atoms with Gasteiger partial charge in [-0.1, -0.05) is 30.3 Å². The molecule has 0 aliphatic carbocycles. The van der Waals surface area contributed by atoms with Gasteiger partial charge in [-0.3, -0.25) is 14.3 Å². The highest BCUT2D eigenvalue weighted by molar-refractivity contribution is 7.92. The second kappa shape index (κ2) is 12.6. The summed E-state index contributed by atoms with van der Waals surface area (Å²) in [4.78, 5) is 27.0. The second-order valence-corrected chi connectivity index (χ2v) is 10.7. The fourth-order valence-electron chi connectivity index (χ4n) is 4.38. The number of amides is 2. The van der Waals surface area contributed by atoms with E-state index < -0.39 is 15.9 Å². The number of ether oxygens (including phenoxy) is 1. The van der Waals surface area contributed by atoms with Gasteiger partial charge in [-0.25, -0.2) is 8.42 Å². The van der Waals surface area contributed by atoms with Crippen molar-refractivity contribution < 1.29 is 27.9 Å². The van der Waals surface area contributed by atoms with Crippen LogP contribution in [0.5, 0.6) is 11.5 Å². The van der Waals surface area contributed by atoms with Crippen molar-refractivity contribution in [1.82, 2.24) is 10.2 Å². The molecule has 3 N–H and O–H groups in total. The number of likely N-dealkylation sites (tertiary alicyclic amines) is 1. The van der Waals surface area contributed by atoms with Crippen LogP contribution in [0.1, 0.15) is 36.0 Å². The van der Waals surface area contributed by atoms with E-state index in [4.69, 9.17) is 4.74 Å². The Hall–Kier alpha value is -3.89. The first-order chi connectivity index (χ1) is 18.4. The molecule has 3 aromatic carbocycles. The molecule has 0 aromatic heterocycles. The lowest BCUT2D eigenvalue weighted by Gasteiger charge is -2.35. The lowest BCUT2D eigenvalue weighted by atomic mass is 9.99. The molecule has 1 saturated heterocycles. The fourth-order valence-corrected chi connectivity index (χ4v) is 5.45. The van der Waals surface area contributed by atoms with E-state index in [1.54, 1.807) is 41.3 Å². The van der Waals surface area contributed by atoms with Crippen LogP contribution in [-0.4, -0.2) is 56.0 Å². The molecule has 38 heavy (non-hydrogen) atoms. The molecular formula is C28H31N3O6S. The third kappa shape index (κ3) is 6.90. The van der Waals surface area contributed by atoms with Crippen molar-refractivity contribution in [2.75, 3.05) is 24.4 Å². The lowest BCUT2D eigenvalue weighted by molar-refractivity contribution is -0.134. The van der Waals surface area contributed by atoms with E-state index in [9.17, 15) is 23.1 Å². The Morgan fingerprint density at radius 1 is 0.947 bits per heavy atom. The summed E-state index contributed by atoms with van der Waals surface area (Å²) in [5.74, 6) is 0.235. The van der Waals surface area contributed by atoms with Gasteiger partial charge in [-0.2, -0.15) is 0 Å². The average molecular weight is 538 g/mol. The van der Waals surface area contributed by atoms with Crippen molar-refractivity contribution in [2.45, 2.75) is 36.6 Å². The normalized spacial score (nSPS) is 15.5. The summed E-state index contributed by atoms with van der Waals surface area (Å²) >= 11 is 0. The highest BCUT2D eigenvalue weighted by atomic mass is 32.2. The van der Waals surface area contributed by atoms with Crippen molar-refractivity contribution in [1.29, 1.82) is 0 Å². The number of benzene rings is 3. The molecule has 0 spiro atoms. The van der Waals surface area contributed by atoms with E-state index in [1.165, 1.54) is 24.3 Å². The molecule has 1 heterocycles. The first-order valence-corrected chi connectivity index (χ1v) is 14.0. The van der Waals surface area contributed by atoms with Gasteiger partial charge >= 0.3 is 0 Å². The maximum Gasteiger partial charge on any atom is 0.262 e. The van der Waals surface area contributed by atoms with Crippen molar-refractivity contribution in [3.63, 3.8) is 0 Å². The monoisotopic (exact) mass is 537 g/mol. The van der Waals surface area contributed by atoms with E-state index in [0.29, 0.717) is 24.5 Å². The zero-order valence-corrected chi connectivity index (χ0v) is 21.7. The standard InChI is InChI=1S/C28H31N3O6S/c32-19-17-22-8-6-7-18-31(22)27(33)20-29-28(34)21-13-15-24(16-14-21)38(35,36)30-25-11-4-5-12-26(25)37-23-9-2-1-3-10-23/h1-5,9-16,22,30,32H,6-8,17-20H2,(H,29,34). The number of hydrogen-bond acceptors (Lipinski definition) is 6. The van der Waals surface area contributed by atoms with Gasteiger partial charge in [0, 0.05) is 24.8 Å². The molecule has 200 valence electrons. The number of sulfonamides is 1. The number of nitrogens with zero attached hydrogens (tertiary/aromatic N) is 1. The van der Waals surface area contributed by atoms with Gasteiger partial charge in [0.25, 0.3) is 15.9 Å². The number of aliphatic hydroxyl groups is 1. The molecule has 1 aliphatic heterocycles. The first kappa shape index (κ1) is 27.2. The van der Waals surface area contributed by atoms with Gasteiger partial charge in [-0.05, 0) is 74.2 Å². The largest absolute Gasteiger partial charge is 0.455 e. The fraction of sp³-hybridized carbons (Fsp3) is 0.286. The maximum atomic E-state index is 13.0. The molecule has 0 bridgehead atoms. The lowest BCUT2D eigenvalue weighted by Crippen LogP contribution is -2.48. The molecule has 9 nitrogen and oxygen atoms in total. The second-order valence-electron chi connectivity index (χ2n) is 8.97. The molecule has 1 aliphatic rings. The molecule has 2 amide bonds. The summed E-state index contributed by atoms with van der Waals surface area (Å²) in [5.41, 5.74) is 0.504. The molecule has 3 aromatic rings. The van der Waals surface area contributed by atoms with Crippen molar-refractivity contribution in [3.8, 4) is 11.5 Å². The predicted molar refractivity (Wildman–Crippen MR) is 144 cm³/mol. The number of nitrogens with one attached hydrogen (secondary N) is 2. The molecule has 1 unspecified atom stereocenters. The SMILES string of the molecule is O=C(NCC(=O)N1CCCCC1CCO)c1ccc(S(=O)(=O)Nc2ccccc2Oc2ccccc2)cc1. The number of hydrogen-bond donors (Lipinski definition) is 3. The number of carbonyl (C=O) groups excluding carboxylic acids is 2. The van der Waals surface area contributed by atoms with Crippen molar-refractivity contribution >= 4 is 27.5 Å². The van der Waals surface area contributed by atoms with Crippen molar-refractivity contribution in [2.24, 2.45) is 0 Å². The zero-order valence-electron chi connectivity index (χ0n) is 20.9. The third-order valence-electron chi connectivity index (χ3n) is 6.34. The van der Waals surface area contributed by atoms with Crippen LogP contribution in [-0.2, 0) is 14.8 Å². The summed E-state index contributed by atoms with van der Waals surface area (Å²) in [7, 11) is -3.97. The molecule has 1 atom stereocenters. The summed E-state index contributed by atoms with van der Waals surface area (Å²) in [6.45, 7) is 0.454. The highest BCUT2D eigenvalue weighted by Gasteiger charge is 2.26. The maximum absolute atomic E-state index is 13.0. The first-order valence-electron chi connectivity index (χ1n) is 12.5. The molecule has 10 heteroatoms. The zero-order chi connectivity index (χ0) is 27.0. The van der Waals surface area contributed by atoms with Crippen LogP contribution < -0.4 is 14.8 Å². The van der Waals surface area contributed by atoms with Crippen LogP contribution >= 0.6 is 0 Å². The van der Waals surface area contributed by atoms with Crippen LogP contribution in [0.4, 0.5) is 5.69 Å². The Morgan fingerprint density at radius 2 is 1.66 bits per heavy atom. The van der Waals surface area contributed by atoms with Gasteiger partial charge in [0.2, 0.25) is 5.91 Å². The highest BCUT2D eigenvalue weighted by Crippen LogP contribution is 2.31. The van der Waals surface area contributed by atoms with Gasteiger partial charge in [-0.15, -0.1) is 0 Å². The van der Waals surface area contributed by atoms with E-state index in [2.05, 4.69) is 10.0 Å². The molecule has 4 rings (SSSR count). The minimum Gasteiger partial charge on any atom is -0.455 e. The number of anilines is 1. The summed E-state index contributed by atoms with van der Waals surface area (Å²) < 4.78 is 34.4. The minimum atomic E-state index is -3.97. The van der Waals surface area contributed by atoms with E-state index in [0.717, 1.165) is 19.3 Å². The third-order valence-corrected chi connectivity index (χ3v) is 7.72. The summed E-state index contributed by atoms with van der Waals surface area (Å²) in [6, 6.07) is 21.2. The van der Waals surface area contributed by atoms with Crippen molar-refractivity contribution in [3.05, 3.63) is 84.4 Å². The Bertz CT molecular complexity index is 1340. The van der Waals surface area contributed by atoms with Crippen LogP contribution in [0.3, 0.4) is 0 Å². The van der Waals surface area contributed by atoms with Crippen LogP contribution in [0.15, 0.2) is 83.8 Å².